The lowest BCUT2D eigenvalue weighted by Crippen LogP contribution is -1.99. The molecule has 0 bridgehead atoms. The van der Waals surface area contributed by atoms with Gasteiger partial charge in [0.15, 0.2) is 0 Å². The number of hydrogen-bond acceptors (Lipinski definition) is 0. The van der Waals surface area contributed by atoms with Gasteiger partial charge in [-0.05, 0) is 58.8 Å². The van der Waals surface area contributed by atoms with Gasteiger partial charge in [-0.1, -0.05) is 50.0 Å². The average molecular weight is 236 g/mol. The Morgan fingerprint density at radius 3 is 1.94 bits per heavy atom. The Balaban J connectivity index is 3.97. The van der Waals surface area contributed by atoms with Crippen molar-refractivity contribution in [2.45, 2.75) is 73.6 Å². The van der Waals surface area contributed by atoms with E-state index in [4.69, 9.17) is 0 Å². The van der Waals surface area contributed by atoms with Gasteiger partial charge in [0.1, 0.15) is 0 Å². The van der Waals surface area contributed by atoms with Gasteiger partial charge in [-0.2, -0.15) is 0 Å². The maximum Gasteiger partial charge on any atom is -0.0231 e. The molecule has 0 heteroatoms. The van der Waals surface area contributed by atoms with Crippen LogP contribution in [0.1, 0.15) is 73.6 Å². The Bertz CT molecular complexity index is 237. The molecule has 0 saturated carbocycles. The quantitative estimate of drug-likeness (QED) is 0.444. The summed E-state index contributed by atoms with van der Waals surface area (Å²) >= 11 is 0. The van der Waals surface area contributed by atoms with E-state index in [0.717, 1.165) is 11.8 Å². The van der Waals surface area contributed by atoms with Gasteiger partial charge in [0.05, 0.1) is 0 Å². The van der Waals surface area contributed by atoms with Crippen molar-refractivity contribution >= 4 is 0 Å². The first-order valence-electron chi connectivity index (χ1n) is 7.25. The molecule has 0 fully saturated rings. The van der Waals surface area contributed by atoms with Gasteiger partial charge in [0, 0.05) is 0 Å². The second-order valence-electron chi connectivity index (χ2n) is 5.94. The lowest BCUT2D eigenvalue weighted by molar-refractivity contribution is 0.477. The lowest BCUT2D eigenvalue weighted by Gasteiger charge is -2.14. The van der Waals surface area contributed by atoms with Crippen LogP contribution in [-0.4, -0.2) is 0 Å². The molecule has 0 aromatic carbocycles. The first-order valence-corrected chi connectivity index (χ1v) is 7.25. The van der Waals surface area contributed by atoms with Crippen LogP contribution in [0.3, 0.4) is 0 Å². The summed E-state index contributed by atoms with van der Waals surface area (Å²) in [4.78, 5) is 0. The highest BCUT2D eigenvalue weighted by atomic mass is 14.1. The van der Waals surface area contributed by atoms with Gasteiger partial charge in [0.25, 0.3) is 0 Å². The van der Waals surface area contributed by atoms with Gasteiger partial charge >= 0.3 is 0 Å². The molecule has 17 heavy (non-hydrogen) atoms. The molecule has 0 N–H and O–H groups in total. The predicted octanol–water partition coefficient (Wildman–Crippen LogP) is 6.14. The van der Waals surface area contributed by atoms with Gasteiger partial charge < -0.3 is 0 Å². The van der Waals surface area contributed by atoms with Crippen LogP contribution in [0, 0.1) is 11.8 Å². The standard InChI is InChI=1S/C17H32/c1-7-9-17(13-15(4)5)11-8-10-16(6)12-14(2)3/h12-13,16-17H,7-11H2,1-6H3. The van der Waals surface area contributed by atoms with Crippen LogP contribution in [0.15, 0.2) is 23.3 Å². The van der Waals surface area contributed by atoms with Crippen LogP contribution in [0.5, 0.6) is 0 Å². The second kappa shape index (κ2) is 9.50. The summed E-state index contributed by atoms with van der Waals surface area (Å²) in [5, 5.41) is 0. The Kier molecular flexibility index (Phi) is 9.21. The summed E-state index contributed by atoms with van der Waals surface area (Å²) < 4.78 is 0. The lowest BCUT2D eigenvalue weighted by atomic mass is 9.92. The smallest absolute Gasteiger partial charge is 0.0231 e. The number of allylic oxidation sites excluding steroid dienone is 4. The SMILES string of the molecule is CCCC(C=C(C)C)CCCC(C)C=C(C)C. The molecule has 0 saturated heterocycles. The molecule has 100 valence electrons. The van der Waals surface area contributed by atoms with Crippen LogP contribution in [0.25, 0.3) is 0 Å². The van der Waals surface area contributed by atoms with Crippen LogP contribution in [0.4, 0.5) is 0 Å². The monoisotopic (exact) mass is 236 g/mol. The zero-order valence-corrected chi connectivity index (χ0v) is 12.8. The zero-order valence-electron chi connectivity index (χ0n) is 12.8. The third-order valence-electron chi connectivity index (χ3n) is 3.08. The average Bonchev–Trinajstić information content (AvgIpc) is 2.15. The van der Waals surface area contributed by atoms with E-state index in [1.54, 1.807) is 0 Å². The van der Waals surface area contributed by atoms with Crippen molar-refractivity contribution in [3.05, 3.63) is 23.3 Å². The Morgan fingerprint density at radius 2 is 1.47 bits per heavy atom. The van der Waals surface area contributed by atoms with Crippen molar-refractivity contribution in [3.63, 3.8) is 0 Å². The topological polar surface area (TPSA) is 0 Å². The van der Waals surface area contributed by atoms with Gasteiger partial charge in [-0.15, -0.1) is 0 Å². The van der Waals surface area contributed by atoms with E-state index in [1.807, 2.05) is 0 Å². The molecule has 0 aliphatic heterocycles. The molecule has 2 atom stereocenters. The van der Waals surface area contributed by atoms with Crippen LogP contribution in [0.2, 0.25) is 0 Å². The van der Waals surface area contributed by atoms with E-state index in [1.165, 1.54) is 43.3 Å². The number of hydrogen-bond donors (Lipinski definition) is 0. The van der Waals surface area contributed by atoms with E-state index in [0.29, 0.717) is 0 Å². The summed E-state index contributed by atoms with van der Waals surface area (Å²) in [6.07, 6.45) is 11.6. The first kappa shape index (κ1) is 16.5. The minimum absolute atomic E-state index is 0.744. The van der Waals surface area contributed by atoms with Crippen molar-refractivity contribution < 1.29 is 0 Å². The Labute approximate surface area is 109 Å². The van der Waals surface area contributed by atoms with Crippen LogP contribution < -0.4 is 0 Å². The highest BCUT2D eigenvalue weighted by Gasteiger charge is 2.05. The molecule has 0 aliphatic carbocycles. The first-order chi connectivity index (χ1) is 7.95. The Hall–Kier alpha value is -0.520. The van der Waals surface area contributed by atoms with E-state index in [2.05, 4.69) is 53.7 Å². The fourth-order valence-electron chi connectivity index (χ4n) is 2.51. The molecule has 0 nitrogen and oxygen atoms in total. The number of rotatable bonds is 8. The van der Waals surface area contributed by atoms with Crippen molar-refractivity contribution in [1.82, 2.24) is 0 Å². The minimum Gasteiger partial charge on any atom is -0.0830 e. The van der Waals surface area contributed by atoms with Crippen LogP contribution in [-0.2, 0) is 0 Å². The molecular weight excluding hydrogens is 204 g/mol. The van der Waals surface area contributed by atoms with E-state index >= 15 is 0 Å². The summed E-state index contributed by atoms with van der Waals surface area (Å²) in [5.41, 5.74) is 2.92. The highest BCUT2D eigenvalue weighted by molar-refractivity contribution is 4.98. The maximum atomic E-state index is 2.47. The van der Waals surface area contributed by atoms with Crippen LogP contribution >= 0.6 is 0 Å². The van der Waals surface area contributed by atoms with Crippen molar-refractivity contribution in [3.8, 4) is 0 Å². The molecule has 0 amide bonds. The molecule has 2 unspecified atom stereocenters. The molecule has 0 heterocycles. The summed E-state index contributed by atoms with van der Waals surface area (Å²) in [6.45, 7) is 13.4. The predicted molar refractivity (Wildman–Crippen MR) is 80.3 cm³/mol. The maximum absolute atomic E-state index is 2.47. The van der Waals surface area contributed by atoms with Crippen molar-refractivity contribution in [1.29, 1.82) is 0 Å². The minimum atomic E-state index is 0.744. The molecule has 0 aliphatic rings. The normalized spacial score (nSPS) is 14.0. The molecule has 0 radical (unpaired) electrons. The van der Waals surface area contributed by atoms with Gasteiger partial charge in [-0.3, -0.25) is 0 Å². The third kappa shape index (κ3) is 10.4. The van der Waals surface area contributed by atoms with E-state index in [-0.39, 0.29) is 0 Å². The second-order valence-corrected chi connectivity index (χ2v) is 5.94. The highest BCUT2D eigenvalue weighted by Crippen LogP contribution is 2.20. The zero-order chi connectivity index (χ0) is 13.3. The fourth-order valence-corrected chi connectivity index (χ4v) is 2.51. The van der Waals surface area contributed by atoms with Gasteiger partial charge in [-0.25, -0.2) is 0 Å². The van der Waals surface area contributed by atoms with Gasteiger partial charge in [0.2, 0.25) is 0 Å². The summed E-state index contributed by atoms with van der Waals surface area (Å²) in [6, 6.07) is 0. The van der Waals surface area contributed by atoms with E-state index < -0.39 is 0 Å². The summed E-state index contributed by atoms with van der Waals surface area (Å²) in [7, 11) is 0. The molecule has 0 rings (SSSR count). The Morgan fingerprint density at radius 1 is 0.882 bits per heavy atom. The summed E-state index contributed by atoms with van der Waals surface area (Å²) in [5.74, 6) is 1.55. The molecule has 0 spiro atoms. The largest absolute Gasteiger partial charge is 0.0830 e. The van der Waals surface area contributed by atoms with Crippen molar-refractivity contribution in [2.75, 3.05) is 0 Å². The molecular formula is C17H32. The molecule has 0 aromatic heterocycles. The fraction of sp³-hybridized carbons (Fsp3) is 0.765. The van der Waals surface area contributed by atoms with E-state index in [9.17, 15) is 0 Å². The third-order valence-corrected chi connectivity index (χ3v) is 3.08. The molecule has 0 aromatic rings. The van der Waals surface area contributed by atoms with Crippen molar-refractivity contribution in [2.24, 2.45) is 11.8 Å².